The Morgan fingerprint density at radius 2 is 2.12 bits per heavy atom. The van der Waals surface area contributed by atoms with Crippen LogP contribution >= 0.6 is 15.9 Å². The third-order valence-corrected chi connectivity index (χ3v) is 4.57. The third-order valence-electron chi connectivity index (χ3n) is 3.71. The predicted molar refractivity (Wildman–Crippen MR) is 65.0 cm³/mol. The van der Waals surface area contributed by atoms with Crippen molar-refractivity contribution in [3.8, 4) is 5.75 Å². The van der Waals surface area contributed by atoms with Crippen molar-refractivity contribution in [1.82, 2.24) is 0 Å². The van der Waals surface area contributed by atoms with Gasteiger partial charge in [0.05, 0.1) is 12.0 Å². The summed E-state index contributed by atoms with van der Waals surface area (Å²) in [4.78, 5) is 12.1. The number of Topliss-reactive ketones (excluding diaryl/α,β-unsaturated/α-hetero) is 1. The Bertz CT molecular complexity index is 475. The standard InChI is InChI=1S/C13H13BrO2/c1-8-10(14)4-3-9-11(15)7-13(5-2-6-13)16-12(8)9/h3-4H,2,5-7H2,1H3. The van der Waals surface area contributed by atoms with Gasteiger partial charge in [0.2, 0.25) is 0 Å². The van der Waals surface area contributed by atoms with E-state index in [1.165, 1.54) is 6.42 Å². The number of rotatable bonds is 0. The SMILES string of the molecule is Cc1c(Br)ccc2c1OC1(CCC1)CC2=O. The van der Waals surface area contributed by atoms with Crippen LogP contribution in [-0.2, 0) is 0 Å². The molecule has 1 fully saturated rings. The van der Waals surface area contributed by atoms with Gasteiger partial charge in [-0.15, -0.1) is 0 Å². The number of carbonyl (C=O) groups is 1. The lowest BCUT2D eigenvalue weighted by molar-refractivity contribution is -0.0183. The van der Waals surface area contributed by atoms with Crippen LogP contribution in [-0.4, -0.2) is 11.4 Å². The molecule has 1 aliphatic carbocycles. The van der Waals surface area contributed by atoms with Crippen LogP contribution in [0.3, 0.4) is 0 Å². The average molecular weight is 281 g/mol. The molecule has 0 radical (unpaired) electrons. The highest BCUT2D eigenvalue weighted by molar-refractivity contribution is 9.10. The lowest BCUT2D eigenvalue weighted by atomic mass is 9.74. The van der Waals surface area contributed by atoms with Gasteiger partial charge in [-0.25, -0.2) is 0 Å². The van der Waals surface area contributed by atoms with E-state index >= 15 is 0 Å². The predicted octanol–water partition coefficient (Wildman–Crippen LogP) is 3.65. The molecule has 0 saturated heterocycles. The van der Waals surface area contributed by atoms with Crippen LogP contribution in [0, 0.1) is 6.92 Å². The number of benzene rings is 1. The molecule has 0 amide bonds. The average Bonchev–Trinajstić information content (AvgIpc) is 2.21. The van der Waals surface area contributed by atoms with Crippen LogP contribution in [0.2, 0.25) is 0 Å². The fourth-order valence-electron chi connectivity index (χ4n) is 2.51. The highest BCUT2D eigenvalue weighted by atomic mass is 79.9. The van der Waals surface area contributed by atoms with Crippen LogP contribution in [0.5, 0.6) is 5.75 Å². The van der Waals surface area contributed by atoms with Crippen molar-refractivity contribution in [2.24, 2.45) is 0 Å². The molecular weight excluding hydrogens is 268 g/mol. The first-order valence-corrected chi connectivity index (χ1v) is 6.42. The highest BCUT2D eigenvalue weighted by Crippen LogP contribution is 2.46. The maximum Gasteiger partial charge on any atom is 0.170 e. The van der Waals surface area contributed by atoms with Crippen molar-refractivity contribution in [3.05, 3.63) is 27.7 Å². The maximum absolute atomic E-state index is 12.1. The van der Waals surface area contributed by atoms with Crippen molar-refractivity contribution in [2.45, 2.75) is 38.2 Å². The molecule has 1 aliphatic heterocycles. The van der Waals surface area contributed by atoms with Gasteiger partial charge in [-0.2, -0.15) is 0 Å². The Morgan fingerprint density at radius 3 is 2.75 bits per heavy atom. The van der Waals surface area contributed by atoms with E-state index in [2.05, 4.69) is 15.9 Å². The quantitative estimate of drug-likeness (QED) is 0.725. The lowest BCUT2D eigenvalue weighted by Gasteiger charge is -2.45. The van der Waals surface area contributed by atoms with Crippen LogP contribution in [0.25, 0.3) is 0 Å². The molecule has 0 aromatic heterocycles. The molecule has 1 aromatic rings. The van der Waals surface area contributed by atoms with Crippen molar-refractivity contribution >= 4 is 21.7 Å². The second kappa shape index (κ2) is 3.33. The lowest BCUT2D eigenvalue weighted by Crippen LogP contribution is -2.47. The zero-order chi connectivity index (χ0) is 11.3. The molecular formula is C13H13BrO2. The summed E-state index contributed by atoms with van der Waals surface area (Å²) >= 11 is 3.48. The number of fused-ring (bicyclic) bond motifs is 1. The van der Waals surface area contributed by atoms with E-state index in [0.717, 1.165) is 34.2 Å². The number of halogens is 1. The molecule has 1 aromatic carbocycles. The molecule has 0 bridgehead atoms. The number of hydrogen-bond acceptors (Lipinski definition) is 2. The van der Waals surface area contributed by atoms with Crippen molar-refractivity contribution in [2.75, 3.05) is 0 Å². The van der Waals surface area contributed by atoms with Crippen molar-refractivity contribution < 1.29 is 9.53 Å². The summed E-state index contributed by atoms with van der Waals surface area (Å²) in [5.41, 5.74) is 1.62. The molecule has 3 rings (SSSR count). The maximum atomic E-state index is 12.1. The van der Waals surface area contributed by atoms with Crippen molar-refractivity contribution in [1.29, 1.82) is 0 Å². The number of hydrogen-bond donors (Lipinski definition) is 0. The fourth-order valence-corrected chi connectivity index (χ4v) is 2.82. The first-order chi connectivity index (χ1) is 7.61. The Labute approximate surface area is 103 Å². The summed E-state index contributed by atoms with van der Waals surface area (Å²) in [6.07, 6.45) is 3.77. The minimum Gasteiger partial charge on any atom is -0.486 e. The zero-order valence-electron chi connectivity index (χ0n) is 9.18. The monoisotopic (exact) mass is 280 g/mol. The topological polar surface area (TPSA) is 26.3 Å². The Balaban J connectivity index is 2.12. The minimum absolute atomic E-state index is 0.171. The molecule has 1 saturated carbocycles. The summed E-state index contributed by atoms with van der Waals surface area (Å²) in [6, 6.07) is 3.79. The van der Waals surface area contributed by atoms with Gasteiger partial charge in [-0.1, -0.05) is 15.9 Å². The van der Waals surface area contributed by atoms with E-state index in [-0.39, 0.29) is 11.4 Å². The molecule has 3 heteroatoms. The first kappa shape index (κ1) is 10.3. The van der Waals surface area contributed by atoms with Gasteiger partial charge >= 0.3 is 0 Å². The molecule has 0 unspecified atom stereocenters. The summed E-state index contributed by atoms with van der Waals surface area (Å²) in [6.45, 7) is 1.99. The van der Waals surface area contributed by atoms with E-state index in [1.807, 2.05) is 19.1 Å². The minimum atomic E-state index is -0.171. The van der Waals surface area contributed by atoms with E-state index < -0.39 is 0 Å². The van der Waals surface area contributed by atoms with Crippen LogP contribution in [0.4, 0.5) is 0 Å². The van der Waals surface area contributed by atoms with Crippen LogP contribution in [0.1, 0.15) is 41.6 Å². The summed E-state index contributed by atoms with van der Waals surface area (Å²) in [5.74, 6) is 1.03. The van der Waals surface area contributed by atoms with E-state index in [4.69, 9.17) is 4.74 Å². The third kappa shape index (κ3) is 1.34. The Morgan fingerprint density at radius 1 is 1.38 bits per heavy atom. The second-order valence-corrected chi connectivity index (χ2v) is 5.64. The number of carbonyl (C=O) groups excluding carboxylic acids is 1. The molecule has 84 valence electrons. The van der Waals surface area contributed by atoms with Crippen LogP contribution in [0.15, 0.2) is 16.6 Å². The number of ketones is 1. The highest BCUT2D eigenvalue weighted by Gasteiger charge is 2.45. The van der Waals surface area contributed by atoms with Gasteiger partial charge < -0.3 is 4.74 Å². The fraction of sp³-hybridized carbons (Fsp3) is 0.462. The molecule has 2 nitrogen and oxygen atoms in total. The first-order valence-electron chi connectivity index (χ1n) is 5.63. The largest absolute Gasteiger partial charge is 0.486 e. The zero-order valence-corrected chi connectivity index (χ0v) is 10.8. The van der Waals surface area contributed by atoms with E-state index in [0.29, 0.717) is 6.42 Å². The molecule has 0 atom stereocenters. The van der Waals surface area contributed by atoms with Gasteiger partial charge in [-0.05, 0) is 38.3 Å². The second-order valence-electron chi connectivity index (χ2n) is 4.79. The summed E-state index contributed by atoms with van der Waals surface area (Å²) in [5, 5.41) is 0. The molecule has 0 N–H and O–H groups in total. The van der Waals surface area contributed by atoms with Crippen molar-refractivity contribution in [3.63, 3.8) is 0 Å². The summed E-state index contributed by atoms with van der Waals surface area (Å²) < 4.78 is 7.10. The summed E-state index contributed by atoms with van der Waals surface area (Å²) in [7, 11) is 0. The van der Waals surface area contributed by atoms with Gasteiger partial charge in [0.1, 0.15) is 11.4 Å². The van der Waals surface area contributed by atoms with Gasteiger partial charge in [0, 0.05) is 10.0 Å². The van der Waals surface area contributed by atoms with Gasteiger partial charge in [-0.3, -0.25) is 4.79 Å². The van der Waals surface area contributed by atoms with E-state index in [9.17, 15) is 4.79 Å². The van der Waals surface area contributed by atoms with Gasteiger partial charge in [0.15, 0.2) is 5.78 Å². The molecule has 1 heterocycles. The van der Waals surface area contributed by atoms with Gasteiger partial charge in [0.25, 0.3) is 0 Å². The Kier molecular flexibility index (Phi) is 2.15. The Hall–Kier alpha value is -0.830. The molecule has 2 aliphatic rings. The van der Waals surface area contributed by atoms with Crippen LogP contribution < -0.4 is 4.74 Å². The molecule has 1 spiro atoms. The normalized spacial score (nSPS) is 21.2. The number of ether oxygens (including phenoxy) is 1. The smallest absolute Gasteiger partial charge is 0.170 e. The van der Waals surface area contributed by atoms with E-state index in [1.54, 1.807) is 0 Å². The molecule has 16 heavy (non-hydrogen) atoms.